The highest BCUT2D eigenvalue weighted by molar-refractivity contribution is 9.10. The molecule has 0 bridgehead atoms. The molecule has 0 spiro atoms. The summed E-state index contributed by atoms with van der Waals surface area (Å²) in [5.74, 6) is 0. The van der Waals surface area contributed by atoms with E-state index in [0.29, 0.717) is 8.94 Å². The van der Waals surface area contributed by atoms with Crippen molar-refractivity contribution in [1.29, 1.82) is 0 Å². The molecule has 1 aromatic carbocycles. The van der Waals surface area contributed by atoms with Gasteiger partial charge >= 0.3 is 0 Å². The van der Waals surface area contributed by atoms with Crippen LogP contribution < -0.4 is 0 Å². The molecule has 0 saturated carbocycles. The number of halogens is 1. The average molecular weight is 325 g/mol. The molecule has 0 aliphatic heterocycles. The van der Waals surface area contributed by atoms with Gasteiger partial charge < -0.3 is 0 Å². The monoisotopic (exact) mass is 324 g/mol. The molecule has 0 heterocycles. The predicted octanol–water partition coefficient (Wildman–Crippen LogP) is 1.54. The molecule has 17 heavy (non-hydrogen) atoms. The summed E-state index contributed by atoms with van der Waals surface area (Å²) in [6.07, 6.45) is 0. The number of sulfonamides is 1. The predicted molar refractivity (Wildman–Crippen MR) is 62.8 cm³/mol. The van der Waals surface area contributed by atoms with Gasteiger partial charge in [-0.2, -0.15) is 0 Å². The Balaban J connectivity index is 3.49. The number of hydrogen-bond acceptors (Lipinski definition) is 5. The molecule has 1 aromatic rings. The Bertz CT molecular complexity index is 545. The van der Waals surface area contributed by atoms with E-state index in [1.54, 1.807) is 0 Å². The molecule has 0 aromatic heterocycles. The van der Waals surface area contributed by atoms with Gasteiger partial charge in [0, 0.05) is 17.6 Å². The Morgan fingerprint density at radius 1 is 1.47 bits per heavy atom. The van der Waals surface area contributed by atoms with Crippen molar-refractivity contribution in [2.24, 2.45) is 0 Å². The average Bonchev–Trinajstić information content (AvgIpc) is 2.27. The van der Waals surface area contributed by atoms with Crippen LogP contribution in [0.1, 0.15) is 0 Å². The molecule has 0 fully saturated rings. The van der Waals surface area contributed by atoms with Crippen LogP contribution in [0.15, 0.2) is 27.6 Å². The second-order valence-corrected chi connectivity index (χ2v) is 5.79. The number of hydrogen-bond donors (Lipinski definition) is 0. The van der Waals surface area contributed by atoms with E-state index in [1.807, 2.05) is 0 Å². The van der Waals surface area contributed by atoms with Gasteiger partial charge in [-0.3, -0.25) is 15.0 Å². The zero-order valence-corrected chi connectivity index (χ0v) is 11.4. The van der Waals surface area contributed by atoms with Gasteiger partial charge in [-0.15, -0.1) is 0 Å². The first-order valence-corrected chi connectivity index (χ1v) is 6.51. The van der Waals surface area contributed by atoms with Gasteiger partial charge in [-0.05, 0) is 12.1 Å². The first-order chi connectivity index (χ1) is 7.80. The second kappa shape index (κ2) is 5.08. The molecule has 1 rings (SSSR count). The highest BCUT2D eigenvalue weighted by Crippen LogP contribution is 2.29. The zero-order chi connectivity index (χ0) is 13.2. The number of benzene rings is 1. The summed E-state index contributed by atoms with van der Waals surface area (Å²) < 4.78 is 24.8. The number of hydroxylamine groups is 1. The Labute approximate surface area is 106 Å². The minimum Gasteiger partial charge on any atom is -0.288 e. The van der Waals surface area contributed by atoms with Gasteiger partial charge in [0.1, 0.15) is 0 Å². The lowest BCUT2D eigenvalue weighted by atomic mass is 10.3. The number of nitro benzene ring substituents is 1. The molecule has 9 heteroatoms. The van der Waals surface area contributed by atoms with Crippen LogP contribution in [-0.2, 0) is 14.9 Å². The van der Waals surface area contributed by atoms with Crippen molar-refractivity contribution in [3.05, 3.63) is 32.8 Å². The summed E-state index contributed by atoms with van der Waals surface area (Å²) in [7, 11) is -1.74. The largest absolute Gasteiger partial charge is 0.289 e. The first kappa shape index (κ1) is 14.0. The lowest BCUT2D eigenvalue weighted by molar-refractivity contribution is -0.387. The number of rotatable bonds is 4. The minimum absolute atomic E-state index is 0.422. The summed E-state index contributed by atoms with van der Waals surface area (Å²) in [5, 5.41) is 10.8. The fourth-order valence-electron chi connectivity index (χ4n) is 1.08. The molecule has 0 saturated heterocycles. The lowest BCUT2D eigenvalue weighted by Gasteiger charge is -2.14. The maximum atomic E-state index is 11.9. The van der Waals surface area contributed by atoms with Crippen molar-refractivity contribution in [2.75, 3.05) is 14.2 Å². The minimum atomic E-state index is -4.05. The molecule has 0 radical (unpaired) electrons. The quantitative estimate of drug-likeness (QED) is 0.619. The van der Waals surface area contributed by atoms with Gasteiger partial charge in [-0.1, -0.05) is 20.4 Å². The van der Waals surface area contributed by atoms with Gasteiger partial charge in [0.25, 0.3) is 15.7 Å². The topological polar surface area (TPSA) is 89.8 Å². The van der Waals surface area contributed by atoms with Gasteiger partial charge in [0.05, 0.1) is 12.0 Å². The second-order valence-electron chi connectivity index (χ2n) is 2.97. The SMILES string of the molecule is CON(C)S(=O)(=O)c1cc(Br)ccc1[N+](=O)[O-]. The maximum absolute atomic E-state index is 11.9. The van der Waals surface area contributed by atoms with Crippen molar-refractivity contribution in [3.63, 3.8) is 0 Å². The van der Waals surface area contributed by atoms with E-state index in [-0.39, 0.29) is 0 Å². The standard InChI is InChI=1S/C8H9BrN2O5S/c1-10(16-2)17(14,15)8-5-6(9)3-4-7(8)11(12)13/h3-5H,1-2H3. The molecule has 0 N–H and O–H groups in total. The molecule has 0 unspecified atom stereocenters. The highest BCUT2D eigenvalue weighted by Gasteiger charge is 2.30. The molecule has 0 aliphatic rings. The van der Waals surface area contributed by atoms with Crippen LogP contribution in [0.4, 0.5) is 5.69 Å². The molecular formula is C8H9BrN2O5S. The molecular weight excluding hydrogens is 316 g/mol. The summed E-state index contributed by atoms with van der Waals surface area (Å²) in [6, 6.07) is 3.66. The summed E-state index contributed by atoms with van der Waals surface area (Å²) in [4.78, 5) is 14.1. The molecule has 0 aliphatic carbocycles. The third-order valence-corrected chi connectivity index (χ3v) is 4.19. The first-order valence-electron chi connectivity index (χ1n) is 4.27. The zero-order valence-electron chi connectivity index (χ0n) is 8.95. The Morgan fingerprint density at radius 3 is 2.53 bits per heavy atom. The summed E-state index contributed by atoms with van der Waals surface area (Å²) in [6.45, 7) is 0. The van der Waals surface area contributed by atoms with E-state index in [2.05, 4.69) is 20.8 Å². The fourth-order valence-corrected chi connectivity index (χ4v) is 2.75. The van der Waals surface area contributed by atoms with Crippen LogP contribution in [0.3, 0.4) is 0 Å². The fraction of sp³-hybridized carbons (Fsp3) is 0.250. The highest BCUT2D eigenvalue weighted by atomic mass is 79.9. The van der Waals surface area contributed by atoms with E-state index < -0.39 is 25.5 Å². The van der Waals surface area contributed by atoms with Crippen LogP contribution in [-0.4, -0.2) is 32.0 Å². The summed E-state index contributed by atoms with van der Waals surface area (Å²) in [5.41, 5.74) is -0.503. The van der Waals surface area contributed by atoms with E-state index in [9.17, 15) is 18.5 Å². The normalized spacial score (nSPS) is 11.8. The third kappa shape index (κ3) is 2.80. The van der Waals surface area contributed by atoms with E-state index >= 15 is 0 Å². The molecule has 94 valence electrons. The van der Waals surface area contributed by atoms with Crippen LogP contribution in [0.5, 0.6) is 0 Å². The molecule has 0 amide bonds. The molecule has 7 nitrogen and oxygen atoms in total. The van der Waals surface area contributed by atoms with Gasteiger partial charge in [0.15, 0.2) is 4.90 Å². The van der Waals surface area contributed by atoms with Crippen molar-refractivity contribution in [1.82, 2.24) is 4.47 Å². The Hall–Kier alpha value is -1.03. The van der Waals surface area contributed by atoms with E-state index in [4.69, 9.17) is 0 Å². The number of nitro groups is 1. The smallest absolute Gasteiger partial charge is 0.288 e. The lowest BCUT2D eigenvalue weighted by Crippen LogP contribution is -2.26. The summed E-state index contributed by atoms with van der Waals surface area (Å²) >= 11 is 3.06. The Kier molecular flexibility index (Phi) is 4.20. The van der Waals surface area contributed by atoms with Gasteiger partial charge in [0.2, 0.25) is 0 Å². The van der Waals surface area contributed by atoms with Crippen molar-refractivity contribution >= 4 is 31.6 Å². The third-order valence-electron chi connectivity index (χ3n) is 1.99. The maximum Gasteiger partial charge on any atom is 0.289 e. The van der Waals surface area contributed by atoms with Crippen LogP contribution in [0, 0.1) is 10.1 Å². The Morgan fingerprint density at radius 2 is 2.06 bits per heavy atom. The number of nitrogens with zero attached hydrogens (tertiary/aromatic N) is 2. The van der Waals surface area contributed by atoms with Crippen molar-refractivity contribution in [3.8, 4) is 0 Å². The van der Waals surface area contributed by atoms with E-state index in [0.717, 1.165) is 26.3 Å². The van der Waals surface area contributed by atoms with Crippen molar-refractivity contribution < 1.29 is 18.2 Å². The van der Waals surface area contributed by atoms with Crippen LogP contribution in [0.25, 0.3) is 0 Å². The van der Waals surface area contributed by atoms with Gasteiger partial charge in [-0.25, -0.2) is 8.42 Å². The van der Waals surface area contributed by atoms with Crippen LogP contribution in [0.2, 0.25) is 0 Å². The van der Waals surface area contributed by atoms with Crippen LogP contribution >= 0.6 is 15.9 Å². The van der Waals surface area contributed by atoms with E-state index in [1.165, 1.54) is 6.07 Å². The molecule has 0 atom stereocenters. The van der Waals surface area contributed by atoms with Crippen molar-refractivity contribution in [2.45, 2.75) is 4.90 Å².